The maximum absolute atomic E-state index is 11.6. The summed E-state index contributed by atoms with van der Waals surface area (Å²) in [4.78, 5) is 22.1. The molecular formula is C12H13N3O3. The highest BCUT2D eigenvalue weighted by atomic mass is 16.4. The maximum atomic E-state index is 11.6. The Kier molecular flexibility index (Phi) is 3.27. The van der Waals surface area contributed by atoms with Gasteiger partial charge in [0.15, 0.2) is 0 Å². The summed E-state index contributed by atoms with van der Waals surface area (Å²) < 4.78 is 2.75. The van der Waals surface area contributed by atoms with Gasteiger partial charge in [-0.3, -0.25) is 9.36 Å². The van der Waals surface area contributed by atoms with Crippen LogP contribution in [0.5, 0.6) is 0 Å². The lowest BCUT2D eigenvalue weighted by Crippen LogP contribution is -2.23. The van der Waals surface area contributed by atoms with Gasteiger partial charge in [-0.15, -0.1) is 0 Å². The summed E-state index contributed by atoms with van der Waals surface area (Å²) in [7, 11) is 1.64. The first-order valence-corrected chi connectivity index (χ1v) is 5.44. The smallest absolute Gasteiger partial charge is 0.345 e. The Bertz CT molecular complexity index is 610. The zero-order chi connectivity index (χ0) is 13.1. The van der Waals surface area contributed by atoms with E-state index in [1.54, 1.807) is 31.3 Å². The van der Waals surface area contributed by atoms with Gasteiger partial charge in [0.25, 0.3) is 0 Å². The lowest BCUT2D eigenvalue weighted by molar-refractivity contribution is -0.136. The molecule has 18 heavy (non-hydrogen) atoms. The molecule has 0 amide bonds. The second-order valence-electron chi connectivity index (χ2n) is 4.07. The number of aliphatic carboxylic acids is 1. The van der Waals surface area contributed by atoms with Crippen molar-refractivity contribution >= 4 is 5.97 Å². The second-order valence-corrected chi connectivity index (χ2v) is 4.07. The molecular weight excluding hydrogens is 234 g/mol. The Hall–Kier alpha value is -2.37. The number of aromatic nitrogens is 3. The molecule has 6 heteroatoms. The molecule has 1 N–H and O–H groups in total. The minimum absolute atomic E-state index is 0.00379. The Labute approximate surface area is 103 Å². The van der Waals surface area contributed by atoms with Crippen molar-refractivity contribution in [2.75, 3.05) is 0 Å². The summed E-state index contributed by atoms with van der Waals surface area (Å²) in [5, 5.41) is 12.6. The minimum Gasteiger partial charge on any atom is -0.481 e. The van der Waals surface area contributed by atoms with Crippen molar-refractivity contribution in [2.45, 2.75) is 13.0 Å². The molecule has 2 rings (SSSR count). The van der Waals surface area contributed by atoms with E-state index in [-0.39, 0.29) is 12.1 Å². The van der Waals surface area contributed by atoms with E-state index < -0.39 is 5.97 Å². The zero-order valence-corrected chi connectivity index (χ0v) is 9.91. The summed E-state index contributed by atoms with van der Waals surface area (Å²) >= 11 is 0. The van der Waals surface area contributed by atoms with Crippen LogP contribution in [0.25, 0.3) is 0 Å². The van der Waals surface area contributed by atoms with Crippen molar-refractivity contribution in [1.29, 1.82) is 0 Å². The molecule has 6 nitrogen and oxygen atoms in total. The van der Waals surface area contributed by atoms with Crippen LogP contribution in [0.2, 0.25) is 0 Å². The van der Waals surface area contributed by atoms with Crippen molar-refractivity contribution in [3.05, 3.63) is 52.2 Å². The van der Waals surface area contributed by atoms with E-state index in [1.807, 2.05) is 0 Å². The summed E-state index contributed by atoms with van der Waals surface area (Å²) in [6.07, 6.45) is 1.46. The zero-order valence-electron chi connectivity index (χ0n) is 9.91. The largest absolute Gasteiger partial charge is 0.481 e. The SMILES string of the molecule is Cn1cnn(Cc2ccc(CC(=O)O)cc2)c1=O. The molecule has 0 radical (unpaired) electrons. The van der Waals surface area contributed by atoms with Crippen LogP contribution >= 0.6 is 0 Å². The minimum atomic E-state index is -0.858. The quantitative estimate of drug-likeness (QED) is 0.840. The number of carboxylic acids is 1. The van der Waals surface area contributed by atoms with Gasteiger partial charge in [-0.1, -0.05) is 24.3 Å². The molecule has 0 atom stereocenters. The third kappa shape index (κ3) is 2.65. The number of carboxylic acid groups (broad SMARTS) is 1. The summed E-state index contributed by atoms with van der Waals surface area (Å²) in [5.74, 6) is -0.858. The molecule has 0 spiro atoms. The first kappa shape index (κ1) is 12.1. The first-order chi connectivity index (χ1) is 8.56. The molecule has 1 heterocycles. The average Bonchev–Trinajstić information content (AvgIpc) is 2.63. The summed E-state index contributed by atoms with van der Waals surface area (Å²) in [5.41, 5.74) is 1.47. The number of hydrogen-bond donors (Lipinski definition) is 1. The third-order valence-corrected chi connectivity index (χ3v) is 2.60. The number of aryl methyl sites for hydroxylation is 1. The molecule has 94 valence electrons. The van der Waals surface area contributed by atoms with Crippen LogP contribution in [-0.4, -0.2) is 25.4 Å². The summed E-state index contributed by atoms with van der Waals surface area (Å²) in [6.45, 7) is 0.382. The van der Waals surface area contributed by atoms with E-state index in [1.165, 1.54) is 15.6 Å². The number of benzene rings is 1. The van der Waals surface area contributed by atoms with Gasteiger partial charge in [0.2, 0.25) is 0 Å². The highest BCUT2D eigenvalue weighted by Crippen LogP contribution is 2.06. The van der Waals surface area contributed by atoms with Crippen LogP contribution < -0.4 is 5.69 Å². The van der Waals surface area contributed by atoms with Crippen molar-refractivity contribution in [2.24, 2.45) is 7.05 Å². The molecule has 1 aromatic carbocycles. The van der Waals surface area contributed by atoms with Crippen LogP contribution in [0.3, 0.4) is 0 Å². The van der Waals surface area contributed by atoms with Gasteiger partial charge in [-0.05, 0) is 11.1 Å². The van der Waals surface area contributed by atoms with Gasteiger partial charge in [-0.2, -0.15) is 5.10 Å². The van der Waals surface area contributed by atoms with E-state index in [0.29, 0.717) is 6.54 Å². The van der Waals surface area contributed by atoms with E-state index in [4.69, 9.17) is 5.11 Å². The van der Waals surface area contributed by atoms with Gasteiger partial charge in [0, 0.05) is 7.05 Å². The molecule has 1 aromatic heterocycles. The Balaban J connectivity index is 2.13. The van der Waals surface area contributed by atoms with Crippen molar-refractivity contribution < 1.29 is 9.90 Å². The van der Waals surface area contributed by atoms with Crippen LogP contribution in [-0.2, 0) is 24.8 Å². The van der Waals surface area contributed by atoms with Gasteiger partial charge >= 0.3 is 11.7 Å². The van der Waals surface area contributed by atoms with Crippen LogP contribution in [0.15, 0.2) is 35.4 Å². The van der Waals surface area contributed by atoms with E-state index in [2.05, 4.69) is 5.10 Å². The highest BCUT2D eigenvalue weighted by Gasteiger charge is 2.04. The van der Waals surface area contributed by atoms with Gasteiger partial charge in [0.05, 0.1) is 13.0 Å². The van der Waals surface area contributed by atoms with Gasteiger partial charge in [-0.25, -0.2) is 9.48 Å². The first-order valence-electron chi connectivity index (χ1n) is 5.44. The van der Waals surface area contributed by atoms with Crippen molar-refractivity contribution in [3.8, 4) is 0 Å². The lowest BCUT2D eigenvalue weighted by atomic mass is 10.1. The van der Waals surface area contributed by atoms with Crippen LogP contribution in [0, 0.1) is 0 Å². The Morgan fingerprint density at radius 2 is 1.89 bits per heavy atom. The highest BCUT2D eigenvalue weighted by molar-refractivity contribution is 5.70. The lowest BCUT2D eigenvalue weighted by Gasteiger charge is -2.02. The standard InChI is InChI=1S/C12H13N3O3/c1-14-8-13-15(12(14)18)7-10-4-2-9(3-5-10)6-11(16)17/h2-5,8H,6-7H2,1H3,(H,16,17). The molecule has 0 unspecified atom stereocenters. The van der Waals surface area contributed by atoms with E-state index in [0.717, 1.165) is 11.1 Å². The second kappa shape index (κ2) is 4.87. The number of carbonyl (C=O) groups is 1. The molecule has 0 aliphatic rings. The Morgan fingerprint density at radius 3 is 2.39 bits per heavy atom. The molecule has 0 aliphatic heterocycles. The predicted molar refractivity (Wildman–Crippen MR) is 64.4 cm³/mol. The van der Waals surface area contributed by atoms with Crippen LogP contribution in [0.1, 0.15) is 11.1 Å². The fraction of sp³-hybridized carbons (Fsp3) is 0.250. The topological polar surface area (TPSA) is 77.1 Å². The Morgan fingerprint density at radius 1 is 1.28 bits per heavy atom. The number of hydrogen-bond acceptors (Lipinski definition) is 3. The predicted octanol–water partition coefficient (Wildman–Crippen LogP) is 0.257. The molecule has 2 aromatic rings. The van der Waals surface area contributed by atoms with E-state index in [9.17, 15) is 9.59 Å². The van der Waals surface area contributed by atoms with E-state index >= 15 is 0 Å². The van der Waals surface area contributed by atoms with Crippen LogP contribution in [0.4, 0.5) is 0 Å². The molecule has 0 aliphatic carbocycles. The van der Waals surface area contributed by atoms with Crippen molar-refractivity contribution in [3.63, 3.8) is 0 Å². The fourth-order valence-corrected chi connectivity index (χ4v) is 1.64. The molecule has 0 fully saturated rings. The van der Waals surface area contributed by atoms with Crippen molar-refractivity contribution in [1.82, 2.24) is 14.3 Å². The molecule has 0 saturated carbocycles. The molecule has 0 bridgehead atoms. The normalized spacial score (nSPS) is 10.5. The maximum Gasteiger partial charge on any atom is 0.345 e. The monoisotopic (exact) mass is 247 g/mol. The average molecular weight is 247 g/mol. The van der Waals surface area contributed by atoms with Gasteiger partial charge < -0.3 is 5.11 Å². The van der Waals surface area contributed by atoms with Gasteiger partial charge in [0.1, 0.15) is 6.33 Å². The molecule has 0 saturated heterocycles. The number of rotatable bonds is 4. The number of nitrogens with zero attached hydrogens (tertiary/aromatic N) is 3. The summed E-state index contributed by atoms with van der Waals surface area (Å²) in [6, 6.07) is 7.10. The fourth-order valence-electron chi connectivity index (χ4n) is 1.64. The third-order valence-electron chi connectivity index (χ3n) is 2.60.